The summed E-state index contributed by atoms with van der Waals surface area (Å²) in [5, 5.41) is 8.31. The summed E-state index contributed by atoms with van der Waals surface area (Å²) in [6, 6.07) is 12.1. The third-order valence-electron chi connectivity index (χ3n) is 6.00. The summed E-state index contributed by atoms with van der Waals surface area (Å²) in [5.74, 6) is -0.435. The van der Waals surface area contributed by atoms with Gasteiger partial charge in [0.15, 0.2) is 0 Å². The lowest BCUT2D eigenvalue weighted by Crippen LogP contribution is -2.48. The topological polar surface area (TPSA) is 107 Å². The van der Waals surface area contributed by atoms with Crippen molar-refractivity contribution >= 4 is 16.0 Å². The van der Waals surface area contributed by atoms with Crippen LogP contribution >= 0.6 is 0 Å². The number of halogens is 1. The van der Waals surface area contributed by atoms with E-state index in [0.717, 1.165) is 11.1 Å². The Hall–Kier alpha value is -3.35. The average molecular weight is 518 g/mol. The molecule has 36 heavy (non-hydrogen) atoms. The predicted molar refractivity (Wildman–Crippen MR) is 129 cm³/mol. The molecule has 12 heteroatoms. The molecule has 192 valence electrons. The van der Waals surface area contributed by atoms with Crippen molar-refractivity contribution in [3.05, 3.63) is 77.4 Å². The highest BCUT2D eigenvalue weighted by Gasteiger charge is 2.40. The van der Waals surface area contributed by atoms with Crippen molar-refractivity contribution in [2.75, 3.05) is 33.1 Å². The van der Waals surface area contributed by atoms with Crippen LogP contribution in [-0.2, 0) is 39.2 Å². The molecule has 1 aliphatic rings. The van der Waals surface area contributed by atoms with Gasteiger partial charge in [-0.15, -0.1) is 5.10 Å². The van der Waals surface area contributed by atoms with E-state index in [1.54, 1.807) is 54.4 Å². The second-order valence-corrected chi connectivity index (χ2v) is 10.6. The number of carbonyl (C=O) groups is 1. The SMILES string of the molecule is COC(=O)C1CN(Cc2cn(Cc3ccc(F)cc3)nn2)CCS(=O)(=O)N1Cc1ccc(OC)cc1. The highest BCUT2D eigenvalue weighted by Crippen LogP contribution is 2.22. The van der Waals surface area contributed by atoms with Crippen molar-refractivity contribution in [3.63, 3.8) is 0 Å². The molecule has 2 heterocycles. The van der Waals surface area contributed by atoms with E-state index >= 15 is 0 Å². The summed E-state index contributed by atoms with van der Waals surface area (Å²) in [4.78, 5) is 14.6. The van der Waals surface area contributed by atoms with Gasteiger partial charge in [0.2, 0.25) is 10.0 Å². The number of carbonyl (C=O) groups excluding carboxylic acids is 1. The van der Waals surface area contributed by atoms with Crippen LogP contribution in [0.3, 0.4) is 0 Å². The molecular weight excluding hydrogens is 489 g/mol. The lowest BCUT2D eigenvalue weighted by atomic mass is 10.2. The molecule has 3 aromatic rings. The Balaban J connectivity index is 1.50. The molecule has 0 saturated carbocycles. The van der Waals surface area contributed by atoms with Crippen molar-refractivity contribution < 1.29 is 27.1 Å². The van der Waals surface area contributed by atoms with Gasteiger partial charge < -0.3 is 9.47 Å². The van der Waals surface area contributed by atoms with Gasteiger partial charge in [0.05, 0.1) is 38.4 Å². The van der Waals surface area contributed by atoms with E-state index in [9.17, 15) is 17.6 Å². The normalized spacial score (nSPS) is 18.5. The maximum Gasteiger partial charge on any atom is 0.325 e. The van der Waals surface area contributed by atoms with Crippen molar-refractivity contribution in [2.24, 2.45) is 0 Å². The number of benzene rings is 2. The quantitative estimate of drug-likeness (QED) is 0.416. The van der Waals surface area contributed by atoms with E-state index < -0.39 is 22.0 Å². The van der Waals surface area contributed by atoms with Gasteiger partial charge in [0, 0.05) is 26.2 Å². The van der Waals surface area contributed by atoms with Crippen molar-refractivity contribution in [2.45, 2.75) is 25.7 Å². The Bertz CT molecular complexity index is 1280. The van der Waals surface area contributed by atoms with Crippen molar-refractivity contribution in [3.8, 4) is 5.75 Å². The zero-order valence-corrected chi connectivity index (χ0v) is 20.9. The standard InChI is InChI=1S/C24H28FN5O5S/c1-34-22-9-5-19(6-10-22)14-30-23(24(31)35-2)17-28(11-12-36(30,32)33)15-21-16-29(27-26-21)13-18-3-7-20(25)8-4-18/h3-10,16,23H,11-15,17H2,1-2H3. The van der Waals surface area contributed by atoms with Gasteiger partial charge in [-0.05, 0) is 35.4 Å². The third-order valence-corrected chi connectivity index (χ3v) is 7.80. The van der Waals surface area contributed by atoms with E-state index in [1.165, 1.54) is 23.5 Å². The van der Waals surface area contributed by atoms with Crippen LogP contribution in [0.25, 0.3) is 0 Å². The van der Waals surface area contributed by atoms with Crippen LogP contribution in [0, 0.1) is 5.82 Å². The number of methoxy groups -OCH3 is 2. The molecule has 0 spiro atoms. The van der Waals surface area contributed by atoms with Crippen LogP contribution in [-0.4, -0.2) is 77.7 Å². The number of aromatic nitrogens is 3. The fraction of sp³-hybridized carbons (Fsp3) is 0.375. The number of hydrogen-bond donors (Lipinski definition) is 0. The Morgan fingerprint density at radius 1 is 1.03 bits per heavy atom. The van der Waals surface area contributed by atoms with Gasteiger partial charge in [-0.25, -0.2) is 17.5 Å². The van der Waals surface area contributed by atoms with Gasteiger partial charge >= 0.3 is 5.97 Å². The highest BCUT2D eigenvalue weighted by molar-refractivity contribution is 7.89. The summed E-state index contributed by atoms with van der Waals surface area (Å²) in [5.41, 5.74) is 2.22. The van der Waals surface area contributed by atoms with Gasteiger partial charge in [-0.3, -0.25) is 9.69 Å². The minimum atomic E-state index is -3.75. The van der Waals surface area contributed by atoms with Crippen LogP contribution in [0.1, 0.15) is 16.8 Å². The number of ether oxygens (including phenoxy) is 2. The highest BCUT2D eigenvalue weighted by atomic mass is 32.2. The number of hydrogen-bond acceptors (Lipinski definition) is 8. The van der Waals surface area contributed by atoms with E-state index in [1.807, 2.05) is 4.90 Å². The largest absolute Gasteiger partial charge is 0.497 e. The summed E-state index contributed by atoms with van der Waals surface area (Å²) in [6.45, 7) is 1.13. The van der Waals surface area contributed by atoms with E-state index in [4.69, 9.17) is 9.47 Å². The second kappa shape index (κ2) is 11.1. The molecule has 1 fully saturated rings. The number of rotatable bonds is 8. The molecule has 0 radical (unpaired) electrons. The maximum atomic E-state index is 13.2. The van der Waals surface area contributed by atoms with Crippen molar-refractivity contribution in [1.82, 2.24) is 24.2 Å². The Morgan fingerprint density at radius 3 is 2.36 bits per heavy atom. The molecule has 1 aliphatic heterocycles. The first-order valence-corrected chi connectivity index (χ1v) is 12.9. The molecule has 0 aliphatic carbocycles. The monoisotopic (exact) mass is 517 g/mol. The number of nitrogens with zero attached hydrogens (tertiary/aromatic N) is 5. The summed E-state index contributed by atoms with van der Waals surface area (Å²) < 4.78 is 52.5. The first-order valence-electron chi connectivity index (χ1n) is 11.3. The lowest BCUT2D eigenvalue weighted by Gasteiger charge is -2.28. The second-order valence-electron chi connectivity index (χ2n) is 8.52. The molecule has 0 N–H and O–H groups in total. The Morgan fingerprint density at radius 2 is 1.69 bits per heavy atom. The molecule has 10 nitrogen and oxygen atoms in total. The van der Waals surface area contributed by atoms with Gasteiger partial charge in [0.25, 0.3) is 0 Å². The van der Waals surface area contributed by atoms with Crippen LogP contribution < -0.4 is 4.74 Å². The van der Waals surface area contributed by atoms with Gasteiger partial charge in [-0.1, -0.05) is 29.5 Å². The van der Waals surface area contributed by atoms with E-state index in [0.29, 0.717) is 24.5 Å². The van der Waals surface area contributed by atoms with E-state index in [2.05, 4.69) is 10.3 Å². The Kier molecular flexibility index (Phi) is 7.97. The van der Waals surface area contributed by atoms with E-state index in [-0.39, 0.29) is 31.2 Å². The van der Waals surface area contributed by atoms with Crippen LogP contribution in [0.15, 0.2) is 54.7 Å². The Labute approximate surface area is 209 Å². The van der Waals surface area contributed by atoms with Crippen LogP contribution in [0.5, 0.6) is 5.75 Å². The minimum absolute atomic E-state index is 0.0355. The average Bonchev–Trinajstić information content (AvgIpc) is 3.27. The predicted octanol–water partition coefficient (Wildman–Crippen LogP) is 1.66. The van der Waals surface area contributed by atoms with Crippen LogP contribution in [0.4, 0.5) is 4.39 Å². The lowest BCUT2D eigenvalue weighted by molar-refractivity contribution is -0.145. The van der Waals surface area contributed by atoms with Gasteiger partial charge in [-0.2, -0.15) is 4.31 Å². The molecule has 1 atom stereocenters. The zero-order valence-electron chi connectivity index (χ0n) is 20.1. The molecular formula is C24H28FN5O5S. The third kappa shape index (κ3) is 6.25. The molecule has 0 amide bonds. The molecule has 0 bridgehead atoms. The number of sulfonamides is 1. The molecule has 1 aromatic heterocycles. The molecule has 1 saturated heterocycles. The fourth-order valence-electron chi connectivity index (χ4n) is 4.07. The number of esters is 1. The molecule has 2 aromatic carbocycles. The fourth-order valence-corrected chi connectivity index (χ4v) is 5.68. The smallest absolute Gasteiger partial charge is 0.325 e. The first-order chi connectivity index (χ1) is 17.3. The summed E-state index contributed by atoms with van der Waals surface area (Å²) >= 11 is 0. The first kappa shape index (κ1) is 25.7. The summed E-state index contributed by atoms with van der Waals surface area (Å²) in [7, 11) is -0.955. The summed E-state index contributed by atoms with van der Waals surface area (Å²) in [6.07, 6.45) is 1.75. The zero-order chi connectivity index (χ0) is 25.7. The minimum Gasteiger partial charge on any atom is -0.497 e. The van der Waals surface area contributed by atoms with Gasteiger partial charge in [0.1, 0.15) is 17.6 Å². The molecule has 4 rings (SSSR count). The van der Waals surface area contributed by atoms with Crippen LogP contribution in [0.2, 0.25) is 0 Å². The molecule has 1 unspecified atom stereocenters. The van der Waals surface area contributed by atoms with Crippen molar-refractivity contribution in [1.29, 1.82) is 0 Å². The maximum absolute atomic E-state index is 13.2.